The van der Waals surface area contributed by atoms with Gasteiger partial charge in [0.25, 0.3) is 0 Å². The fraction of sp³-hybridized carbons (Fsp3) is 0.583. The molecular weight excluding hydrogens is 284 g/mol. The summed E-state index contributed by atoms with van der Waals surface area (Å²) in [5.41, 5.74) is 0.428. The molecule has 0 aliphatic carbocycles. The molecule has 0 saturated carbocycles. The molecule has 0 atom stereocenters. The van der Waals surface area contributed by atoms with Gasteiger partial charge in [0.2, 0.25) is 0 Å². The molecule has 94 valence electrons. The molecule has 1 aromatic heterocycles. The SMILES string of the molecule is Cc1cnc(NCC2(O)CCOCC2)c(Br)c1. The first-order valence-electron chi connectivity index (χ1n) is 5.75. The first kappa shape index (κ1) is 12.8. The van der Waals surface area contributed by atoms with E-state index in [0.29, 0.717) is 32.6 Å². The van der Waals surface area contributed by atoms with Gasteiger partial charge in [-0.3, -0.25) is 0 Å². The summed E-state index contributed by atoms with van der Waals surface area (Å²) in [6.45, 7) is 3.75. The standard InChI is InChI=1S/C12H17BrN2O2/c1-9-6-10(13)11(14-7-9)15-8-12(16)2-4-17-5-3-12/h6-7,16H,2-5,8H2,1H3,(H,14,15). The number of nitrogens with one attached hydrogen (secondary N) is 1. The molecule has 0 aromatic carbocycles. The van der Waals surface area contributed by atoms with Crippen molar-refractivity contribution in [1.29, 1.82) is 0 Å². The van der Waals surface area contributed by atoms with E-state index in [4.69, 9.17) is 4.74 Å². The Morgan fingerprint density at radius 3 is 2.88 bits per heavy atom. The van der Waals surface area contributed by atoms with Gasteiger partial charge in [0, 0.05) is 38.8 Å². The highest BCUT2D eigenvalue weighted by atomic mass is 79.9. The summed E-state index contributed by atoms with van der Waals surface area (Å²) in [5.74, 6) is 0.774. The highest BCUT2D eigenvalue weighted by Gasteiger charge is 2.29. The second kappa shape index (κ2) is 5.33. The van der Waals surface area contributed by atoms with Crippen molar-refractivity contribution in [3.05, 3.63) is 22.3 Å². The van der Waals surface area contributed by atoms with Crippen molar-refractivity contribution < 1.29 is 9.84 Å². The number of rotatable bonds is 3. The lowest BCUT2D eigenvalue weighted by Gasteiger charge is -2.32. The largest absolute Gasteiger partial charge is 0.388 e. The zero-order valence-corrected chi connectivity index (χ0v) is 11.5. The second-order valence-electron chi connectivity index (χ2n) is 4.53. The lowest BCUT2D eigenvalue weighted by Crippen LogP contribution is -2.42. The van der Waals surface area contributed by atoms with E-state index in [2.05, 4.69) is 26.2 Å². The van der Waals surface area contributed by atoms with Crippen LogP contribution in [0.15, 0.2) is 16.7 Å². The van der Waals surface area contributed by atoms with E-state index in [0.717, 1.165) is 15.9 Å². The molecule has 4 nitrogen and oxygen atoms in total. The third-order valence-corrected chi connectivity index (χ3v) is 3.59. The van der Waals surface area contributed by atoms with Crippen molar-refractivity contribution in [2.45, 2.75) is 25.4 Å². The first-order chi connectivity index (χ1) is 8.09. The summed E-state index contributed by atoms with van der Waals surface area (Å²) in [6.07, 6.45) is 3.15. The first-order valence-corrected chi connectivity index (χ1v) is 6.54. The maximum absolute atomic E-state index is 10.3. The van der Waals surface area contributed by atoms with Crippen LogP contribution in [0.25, 0.3) is 0 Å². The van der Waals surface area contributed by atoms with E-state index < -0.39 is 5.60 Å². The molecule has 5 heteroatoms. The summed E-state index contributed by atoms with van der Waals surface area (Å²) >= 11 is 3.46. The van der Waals surface area contributed by atoms with Crippen LogP contribution in [0.4, 0.5) is 5.82 Å². The molecule has 1 aliphatic rings. The van der Waals surface area contributed by atoms with E-state index in [1.54, 1.807) is 6.20 Å². The van der Waals surface area contributed by atoms with Gasteiger partial charge >= 0.3 is 0 Å². The van der Waals surface area contributed by atoms with Crippen molar-refractivity contribution >= 4 is 21.7 Å². The van der Waals surface area contributed by atoms with E-state index in [1.807, 2.05) is 13.0 Å². The minimum atomic E-state index is -0.676. The number of anilines is 1. The van der Waals surface area contributed by atoms with Gasteiger partial charge in [0.15, 0.2) is 0 Å². The smallest absolute Gasteiger partial charge is 0.140 e. The number of hydrogen-bond acceptors (Lipinski definition) is 4. The third kappa shape index (κ3) is 3.40. The number of aryl methyl sites for hydroxylation is 1. The summed E-state index contributed by atoms with van der Waals surface area (Å²) in [7, 11) is 0. The normalized spacial score (nSPS) is 19.0. The fourth-order valence-corrected chi connectivity index (χ4v) is 2.44. The van der Waals surface area contributed by atoms with Crippen molar-refractivity contribution in [3.63, 3.8) is 0 Å². The summed E-state index contributed by atoms with van der Waals surface area (Å²) in [6, 6.07) is 2.00. The maximum Gasteiger partial charge on any atom is 0.140 e. The van der Waals surface area contributed by atoms with Crippen LogP contribution in [0.5, 0.6) is 0 Å². The van der Waals surface area contributed by atoms with E-state index in [9.17, 15) is 5.11 Å². The molecule has 2 N–H and O–H groups in total. The third-order valence-electron chi connectivity index (χ3n) is 2.99. The molecule has 17 heavy (non-hydrogen) atoms. The highest BCUT2D eigenvalue weighted by molar-refractivity contribution is 9.10. The summed E-state index contributed by atoms with van der Waals surface area (Å²) in [4.78, 5) is 4.29. The predicted octanol–water partition coefficient (Wildman–Crippen LogP) is 2.11. The number of aliphatic hydroxyl groups is 1. The topological polar surface area (TPSA) is 54.4 Å². The van der Waals surface area contributed by atoms with Crippen molar-refractivity contribution in [2.24, 2.45) is 0 Å². The van der Waals surface area contributed by atoms with Gasteiger partial charge in [0.05, 0.1) is 10.1 Å². The summed E-state index contributed by atoms with van der Waals surface area (Å²) in [5, 5.41) is 13.5. The number of halogens is 1. The number of pyridine rings is 1. The van der Waals surface area contributed by atoms with Crippen molar-refractivity contribution in [2.75, 3.05) is 25.1 Å². The second-order valence-corrected chi connectivity index (χ2v) is 5.39. The van der Waals surface area contributed by atoms with Crippen molar-refractivity contribution in [1.82, 2.24) is 4.98 Å². The molecule has 2 heterocycles. The zero-order valence-electron chi connectivity index (χ0n) is 9.87. The van der Waals surface area contributed by atoms with Gasteiger partial charge in [-0.25, -0.2) is 4.98 Å². The van der Waals surface area contributed by atoms with Crippen LogP contribution >= 0.6 is 15.9 Å². The Morgan fingerprint density at radius 1 is 1.53 bits per heavy atom. The highest BCUT2D eigenvalue weighted by Crippen LogP contribution is 2.24. The average molecular weight is 301 g/mol. The van der Waals surface area contributed by atoms with Crippen LogP contribution in [0.2, 0.25) is 0 Å². The Hall–Kier alpha value is -0.650. The van der Waals surface area contributed by atoms with Gasteiger partial charge in [-0.15, -0.1) is 0 Å². The van der Waals surface area contributed by atoms with Gasteiger partial charge in [0.1, 0.15) is 5.82 Å². The predicted molar refractivity (Wildman–Crippen MR) is 70.2 cm³/mol. The Bertz CT molecular complexity index is 392. The molecular formula is C12H17BrN2O2. The van der Waals surface area contributed by atoms with Crippen LogP contribution in [-0.4, -0.2) is 35.5 Å². The van der Waals surface area contributed by atoms with Crippen LogP contribution in [-0.2, 0) is 4.74 Å². The Balaban J connectivity index is 1.97. The lowest BCUT2D eigenvalue weighted by molar-refractivity contribution is -0.0543. The molecule has 2 rings (SSSR count). The van der Waals surface area contributed by atoms with Crippen LogP contribution in [0.1, 0.15) is 18.4 Å². The van der Waals surface area contributed by atoms with Gasteiger partial charge in [-0.1, -0.05) is 0 Å². The van der Waals surface area contributed by atoms with E-state index in [1.165, 1.54) is 0 Å². The fourth-order valence-electron chi connectivity index (χ4n) is 1.84. The number of nitrogens with zero attached hydrogens (tertiary/aromatic N) is 1. The van der Waals surface area contributed by atoms with Crippen LogP contribution in [0.3, 0.4) is 0 Å². The number of hydrogen-bond donors (Lipinski definition) is 2. The minimum absolute atomic E-state index is 0.505. The molecule has 0 radical (unpaired) electrons. The number of aromatic nitrogens is 1. The van der Waals surface area contributed by atoms with E-state index >= 15 is 0 Å². The van der Waals surface area contributed by atoms with Crippen LogP contribution < -0.4 is 5.32 Å². The maximum atomic E-state index is 10.3. The van der Waals surface area contributed by atoms with Crippen molar-refractivity contribution in [3.8, 4) is 0 Å². The van der Waals surface area contributed by atoms with E-state index in [-0.39, 0.29) is 0 Å². The Labute approximate surface area is 110 Å². The molecule has 0 bridgehead atoms. The molecule has 0 amide bonds. The average Bonchev–Trinajstić information content (AvgIpc) is 2.29. The minimum Gasteiger partial charge on any atom is -0.388 e. The monoisotopic (exact) mass is 300 g/mol. The van der Waals surface area contributed by atoms with Gasteiger partial charge < -0.3 is 15.2 Å². The zero-order chi connectivity index (χ0) is 12.3. The van der Waals surface area contributed by atoms with Gasteiger partial charge in [-0.05, 0) is 34.5 Å². The lowest BCUT2D eigenvalue weighted by atomic mass is 9.94. The molecule has 0 spiro atoms. The molecule has 1 saturated heterocycles. The Morgan fingerprint density at radius 2 is 2.24 bits per heavy atom. The van der Waals surface area contributed by atoms with Gasteiger partial charge in [-0.2, -0.15) is 0 Å². The molecule has 1 aliphatic heterocycles. The van der Waals surface area contributed by atoms with Crippen LogP contribution in [0, 0.1) is 6.92 Å². The Kier molecular flexibility index (Phi) is 4.01. The number of ether oxygens (including phenoxy) is 1. The molecule has 0 unspecified atom stereocenters. The molecule has 1 aromatic rings. The summed E-state index contributed by atoms with van der Waals surface area (Å²) < 4.78 is 6.17. The molecule has 1 fully saturated rings. The quantitative estimate of drug-likeness (QED) is 0.898.